The van der Waals surface area contributed by atoms with Gasteiger partial charge in [-0.25, -0.2) is 4.98 Å². The zero-order chi connectivity index (χ0) is 16.1. The Kier molecular flexibility index (Phi) is 5.02. The first kappa shape index (κ1) is 15.7. The molecule has 1 fully saturated rings. The molecule has 122 valence electrons. The Morgan fingerprint density at radius 1 is 1.35 bits per heavy atom. The van der Waals surface area contributed by atoms with Gasteiger partial charge in [-0.15, -0.1) is 0 Å². The molecule has 0 radical (unpaired) electrons. The third kappa shape index (κ3) is 3.59. The fraction of sp³-hybridized carbons (Fsp3) is 0.471. The summed E-state index contributed by atoms with van der Waals surface area (Å²) in [6, 6.07) is 3.54. The van der Waals surface area contributed by atoms with Crippen molar-refractivity contribution in [2.75, 3.05) is 26.8 Å². The van der Waals surface area contributed by atoms with E-state index in [-0.39, 0.29) is 11.8 Å². The van der Waals surface area contributed by atoms with Crippen molar-refractivity contribution >= 4 is 5.91 Å². The lowest BCUT2D eigenvalue weighted by atomic mass is 9.96. The average molecular weight is 314 g/mol. The number of amides is 1. The second-order valence-electron chi connectivity index (χ2n) is 5.80. The Morgan fingerprint density at radius 2 is 2.17 bits per heavy atom. The van der Waals surface area contributed by atoms with Gasteiger partial charge in [0.15, 0.2) is 0 Å². The van der Waals surface area contributed by atoms with E-state index < -0.39 is 0 Å². The van der Waals surface area contributed by atoms with Crippen LogP contribution in [0, 0.1) is 0 Å². The molecule has 0 aromatic carbocycles. The van der Waals surface area contributed by atoms with Crippen LogP contribution in [0.15, 0.2) is 36.9 Å². The van der Waals surface area contributed by atoms with Crippen LogP contribution >= 0.6 is 0 Å². The molecular weight excluding hydrogens is 292 g/mol. The Labute approximate surface area is 136 Å². The van der Waals surface area contributed by atoms with Crippen LogP contribution in [0.5, 0.6) is 0 Å². The third-order valence-electron chi connectivity index (χ3n) is 4.29. The van der Waals surface area contributed by atoms with E-state index in [0.717, 1.165) is 31.8 Å². The molecule has 2 aromatic heterocycles. The summed E-state index contributed by atoms with van der Waals surface area (Å²) in [7, 11) is 1.70. The monoisotopic (exact) mass is 314 g/mol. The topological polar surface area (TPSA) is 60.2 Å². The van der Waals surface area contributed by atoms with E-state index in [9.17, 15) is 4.79 Å². The number of aromatic nitrogens is 3. The van der Waals surface area contributed by atoms with Crippen LogP contribution < -0.4 is 0 Å². The average Bonchev–Trinajstić information content (AvgIpc) is 3.08. The van der Waals surface area contributed by atoms with Crippen LogP contribution in [-0.2, 0) is 11.3 Å². The first-order valence-electron chi connectivity index (χ1n) is 7.99. The maximum atomic E-state index is 12.6. The minimum Gasteiger partial charge on any atom is -0.383 e. The largest absolute Gasteiger partial charge is 0.383 e. The maximum Gasteiger partial charge on any atom is 0.253 e. The molecule has 0 spiro atoms. The predicted molar refractivity (Wildman–Crippen MR) is 86.2 cm³/mol. The lowest BCUT2D eigenvalue weighted by molar-refractivity contribution is 0.0702. The van der Waals surface area contributed by atoms with Gasteiger partial charge in [0.1, 0.15) is 5.82 Å². The van der Waals surface area contributed by atoms with Gasteiger partial charge in [0, 0.05) is 63.0 Å². The molecule has 1 amide bonds. The second-order valence-corrected chi connectivity index (χ2v) is 5.80. The molecular formula is C17H22N4O2. The summed E-state index contributed by atoms with van der Waals surface area (Å²) in [5.41, 5.74) is 0.698. The molecule has 0 saturated carbocycles. The number of ether oxygens (including phenoxy) is 1. The van der Waals surface area contributed by atoms with Gasteiger partial charge >= 0.3 is 0 Å². The van der Waals surface area contributed by atoms with E-state index in [4.69, 9.17) is 4.74 Å². The standard InChI is InChI=1S/C17H22N4O2/c1-23-12-11-20-10-8-19-16(20)15-3-2-9-21(13-15)17(22)14-4-6-18-7-5-14/h4-8,10,15H,2-3,9,11-13H2,1H3/t15-/m0/s1. The minimum absolute atomic E-state index is 0.0760. The van der Waals surface area contributed by atoms with Crippen molar-refractivity contribution in [2.45, 2.75) is 25.3 Å². The van der Waals surface area contributed by atoms with Crippen LogP contribution in [0.25, 0.3) is 0 Å². The van der Waals surface area contributed by atoms with Crippen LogP contribution in [0.1, 0.15) is 34.9 Å². The van der Waals surface area contributed by atoms with E-state index in [1.54, 1.807) is 31.6 Å². The number of methoxy groups -OCH3 is 1. The molecule has 1 aliphatic heterocycles. The molecule has 1 saturated heterocycles. The van der Waals surface area contributed by atoms with Crippen molar-refractivity contribution in [3.8, 4) is 0 Å². The van der Waals surface area contributed by atoms with Crippen molar-refractivity contribution in [2.24, 2.45) is 0 Å². The number of hydrogen-bond donors (Lipinski definition) is 0. The van der Waals surface area contributed by atoms with Crippen LogP contribution in [-0.4, -0.2) is 52.1 Å². The highest BCUT2D eigenvalue weighted by Crippen LogP contribution is 2.26. The summed E-state index contributed by atoms with van der Waals surface area (Å²) >= 11 is 0. The smallest absolute Gasteiger partial charge is 0.253 e. The summed E-state index contributed by atoms with van der Waals surface area (Å²) in [4.78, 5) is 23.0. The molecule has 0 bridgehead atoms. The lowest BCUT2D eigenvalue weighted by Gasteiger charge is -2.32. The van der Waals surface area contributed by atoms with Gasteiger partial charge in [0.2, 0.25) is 0 Å². The summed E-state index contributed by atoms with van der Waals surface area (Å²) in [5.74, 6) is 1.41. The number of hydrogen-bond acceptors (Lipinski definition) is 4. The summed E-state index contributed by atoms with van der Waals surface area (Å²) in [6.07, 6.45) is 9.19. The number of likely N-dealkylation sites (tertiary alicyclic amines) is 1. The normalized spacial score (nSPS) is 18.1. The fourth-order valence-electron chi connectivity index (χ4n) is 3.11. The molecule has 6 heteroatoms. The molecule has 6 nitrogen and oxygen atoms in total. The van der Waals surface area contributed by atoms with E-state index in [1.165, 1.54) is 0 Å². The molecule has 1 atom stereocenters. The van der Waals surface area contributed by atoms with Gasteiger partial charge in [-0.1, -0.05) is 0 Å². The minimum atomic E-state index is 0.0760. The van der Waals surface area contributed by atoms with Crippen molar-refractivity contribution in [3.05, 3.63) is 48.3 Å². The van der Waals surface area contributed by atoms with Crippen molar-refractivity contribution in [1.29, 1.82) is 0 Å². The number of carbonyl (C=O) groups excluding carboxylic acids is 1. The highest BCUT2D eigenvalue weighted by Gasteiger charge is 2.27. The van der Waals surface area contributed by atoms with E-state index in [2.05, 4.69) is 14.5 Å². The van der Waals surface area contributed by atoms with Crippen molar-refractivity contribution in [3.63, 3.8) is 0 Å². The summed E-state index contributed by atoms with van der Waals surface area (Å²) in [6.45, 7) is 2.97. The molecule has 3 rings (SSSR count). The van der Waals surface area contributed by atoms with Crippen LogP contribution in [0.2, 0.25) is 0 Å². The van der Waals surface area contributed by atoms with Crippen molar-refractivity contribution < 1.29 is 9.53 Å². The van der Waals surface area contributed by atoms with Gasteiger partial charge in [-0.05, 0) is 25.0 Å². The molecule has 3 heterocycles. The van der Waals surface area contributed by atoms with E-state index in [0.29, 0.717) is 18.7 Å². The SMILES string of the molecule is COCCn1ccnc1[C@H]1CCCN(C(=O)c2ccncc2)C1. The van der Waals surface area contributed by atoms with E-state index >= 15 is 0 Å². The number of piperidine rings is 1. The van der Waals surface area contributed by atoms with Crippen LogP contribution in [0.4, 0.5) is 0 Å². The van der Waals surface area contributed by atoms with Gasteiger partial charge < -0.3 is 14.2 Å². The molecule has 2 aromatic rings. The Hall–Kier alpha value is -2.21. The zero-order valence-electron chi connectivity index (χ0n) is 13.4. The Morgan fingerprint density at radius 3 is 2.96 bits per heavy atom. The molecule has 0 N–H and O–H groups in total. The second kappa shape index (κ2) is 7.37. The number of rotatable bonds is 5. The Bertz CT molecular complexity index is 641. The summed E-state index contributed by atoms with van der Waals surface area (Å²) < 4.78 is 7.29. The quantitative estimate of drug-likeness (QED) is 0.846. The highest BCUT2D eigenvalue weighted by atomic mass is 16.5. The lowest BCUT2D eigenvalue weighted by Crippen LogP contribution is -2.39. The highest BCUT2D eigenvalue weighted by molar-refractivity contribution is 5.94. The number of pyridine rings is 1. The van der Waals surface area contributed by atoms with E-state index in [1.807, 2.05) is 17.3 Å². The van der Waals surface area contributed by atoms with Crippen molar-refractivity contribution in [1.82, 2.24) is 19.4 Å². The summed E-state index contributed by atoms with van der Waals surface area (Å²) in [5, 5.41) is 0. The first-order chi connectivity index (χ1) is 11.3. The first-order valence-corrected chi connectivity index (χ1v) is 7.99. The zero-order valence-corrected chi connectivity index (χ0v) is 13.4. The number of carbonyl (C=O) groups is 1. The maximum absolute atomic E-state index is 12.6. The van der Waals surface area contributed by atoms with Gasteiger partial charge in [-0.2, -0.15) is 0 Å². The van der Waals surface area contributed by atoms with Crippen LogP contribution in [0.3, 0.4) is 0 Å². The number of nitrogens with zero attached hydrogens (tertiary/aromatic N) is 4. The molecule has 1 aliphatic rings. The van der Waals surface area contributed by atoms with Gasteiger partial charge in [0.05, 0.1) is 6.61 Å². The van der Waals surface area contributed by atoms with Gasteiger partial charge in [-0.3, -0.25) is 9.78 Å². The fourth-order valence-corrected chi connectivity index (χ4v) is 3.11. The number of imidazole rings is 1. The molecule has 23 heavy (non-hydrogen) atoms. The predicted octanol–water partition coefficient (Wildman–Crippen LogP) is 1.94. The van der Waals surface area contributed by atoms with Gasteiger partial charge in [0.25, 0.3) is 5.91 Å². The Balaban J connectivity index is 1.71. The molecule has 0 unspecified atom stereocenters. The third-order valence-corrected chi connectivity index (χ3v) is 4.29. The molecule has 0 aliphatic carbocycles.